The van der Waals surface area contributed by atoms with E-state index in [0.717, 1.165) is 19.3 Å². The molecule has 0 bridgehead atoms. The van der Waals surface area contributed by atoms with Gasteiger partial charge in [0, 0.05) is 0 Å². The Kier molecular flexibility index (Phi) is 4.65. The first-order valence-electron chi connectivity index (χ1n) is 4.12. The van der Waals surface area contributed by atoms with Crippen molar-refractivity contribution in [1.82, 2.24) is 0 Å². The van der Waals surface area contributed by atoms with Gasteiger partial charge in [0.05, 0.1) is 0 Å². The Labute approximate surface area is 82.8 Å². The van der Waals surface area contributed by atoms with Crippen LogP contribution in [0.4, 0.5) is 0 Å². The molecule has 0 aromatic heterocycles. The van der Waals surface area contributed by atoms with E-state index in [1.54, 1.807) is 0 Å². The fourth-order valence-electron chi connectivity index (χ4n) is 1.68. The summed E-state index contributed by atoms with van der Waals surface area (Å²) in [6.45, 7) is 0.272. The van der Waals surface area contributed by atoms with Crippen LogP contribution in [0.3, 0.4) is 0 Å². The van der Waals surface area contributed by atoms with Crippen molar-refractivity contribution in [3.8, 4) is 0 Å². The first-order valence-corrected chi connectivity index (χ1v) is 14.1. The summed E-state index contributed by atoms with van der Waals surface area (Å²) in [5.74, 6) is 0.419. The van der Waals surface area contributed by atoms with Gasteiger partial charge in [0.2, 0.25) is 0 Å². The number of hydrogen-bond acceptors (Lipinski definition) is 2. The van der Waals surface area contributed by atoms with E-state index in [1.807, 2.05) is 0 Å². The molecule has 1 saturated carbocycles. The number of halogens is 1. The van der Waals surface area contributed by atoms with Crippen molar-refractivity contribution in [3.63, 3.8) is 0 Å². The summed E-state index contributed by atoms with van der Waals surface area (Å²) in [4.78, 5) is 0. The van der Waals surface area contributed by atoms with Gasteiger partial charge in [-0.25, -0.2) is 0 Å². The Balaban J connectivity index is 2.37. The molecule has 62 valence electrons. The van der Waals surface area contributed by atoms with Crippen LogP contribution in [0.25, 0.3) is 0 Å². The predicted molar refractivity (Wildman–Crippen MR) is 40.0 cm³/mol. The van der Waals surface area contributed by atoms with Crippen LogP contribution < -0.4 is 0 Å². The fourth-order valence-corrected chi connectivity index (χ4v) is 8.63. The number of hydrogen-bond donors (Lipinski definition) is 2. The zero-order valence-electron chi connectivity index (χ0n) is 6.54. The third-order valence-electron chi connectivity index (χ3n) is 2.51. The zero-order valence-corrected chi connectivity index (χ0v) is 12.8. The van der Waals surface area contributed by atoms with E-state index in [0.29, 0.717) is 9.34 Å². The number of aliphatic hydroxyl groups is 2. The van der Waals surface area contributed by atoms with Crippen molar-refractivity contribution in [2.24, 2.45) is 5.92 Å². The Bertz CT molecular complexity index is 123. The van der Waals surface area contributed by atoms with Gasteiger partial charge in [-0.3, -0.25) is 0 Å². The first-order chi connectivity index (χ1) is 5.27. The van der Waals surface area contributed by atoms with E-state index < -0.39 is 23.3 Å². The molecule has 3 atom stereocenters. The van der Waals surface area contributed by atoms with Crippen LogP contribution in [0.5, 0.6) is 0 Å². The molecule has 11 heavy (non-hydrogen) atoms. The second kappa shape index (κ2) is 5.00. The first kappa shape index (κ1) is 10.2. The molecule has 0 aromatic carbocycles. The fraction of sp³-hybridized carbons (Fsp3) is 1.00. The molecular formula is C7H13ClHgO2. The average molecular weight is 365 g/mol. The van der Waals surface area contributed by atoms with E-state index in [9.17, 15) is 5.11 Å². The van der Waals surface area contributed by atoms with Crippen molar-refractivity contribution in [1.29, 1.82) is 0 Å². The van der Waals surface area contributed by atoms with Crippen LogP contribution in [0.1, 0.15) is 19.3 Å². The zero-order chi connectivity index (χ0) is 8.27. The molecule has 0 amide bonds. The second-order valence-electron chi connectivity index (χ2n) is 3.34. The Morgan fingerprint density at radius 2 is 2.18 bits per heavy atom. The maximum atomic E-state index is 9.47. The third kappa shape index (κ3) is 2.83. The topological polar surface area (TPSA) is 40.5 Å². The summed E-state index contributed by atoms with van der Waals surface area (Å²) in [6, 6.07) is 0. The van der Waals surface area contributed by atoms with Gasteiger partial charge in [0.1, 0.15) is 0 Å². The molecule has 0 spiro atoms. The van der Waals surface area contributed by atoms with Crippen molar-refractivity contribution in [3.05, 3.63) is 0 Å². The van der Waals surface area contributed by atoms with Crippen LogP contribution in [0, 0.1) is 5.92 Å². The van der Waals surface area contributed by atoms with E-state index in [2.05, 4.69) is 0 Å². The number of aliphatic hydroxyl groups excluding tert-OH is 2. The van der Waals surface area contributed by atoms with Gasteiger partial charge in [-0.1, -0.05) is 0 Å². The summed E-state index contributed by atoms with van der Waals surface area (Å²) in [7, 11) is 5.88. The monoisotopic (exact) mass is 366 g/mol. The van der Waals surface area contributed by atoms with Gasteiger partial charge >= 0.3 is 83.1 Å². The van der Waals surface area contributed by atoms with Crippen LogP contribution in [-0.2, 0) is 23.3 Å². The molecular weight excluding hydrogens is 352 g/mol. The maximum absolute atomic E-state index is 9.47. The Hall–Kier alpha value is 1.15. The molecule has 0 aromatic rings. The molecule has 2 N–H and O–H groups in total. The van der Waals surface area contributed by atoms with E-state index in [-0.39, 0.29) is 12.7 Å². The van der Waals surface area contributed by atoms with Crippen LogP contribution >= 0.6 is 8.25 Å². The van der Waals surface area contributed by atoms with Crippen molar-refractivity contribution in [2.45, 2.75) is 28.8 Å². The summed E-state index contributed by atoms with van der Waals surface area (Å²) in [5.41, 5.74) is 0. The summed E-state index contributed by atoms with van der Waals surface area (Å²) >= 11 is -1.28. The summed E-state index contributed by atoms with van der Waals surface area (Å²) in [6.07, 6.45) is 2.65. The van der Waals surface area contributed by atoms with Gasteiger partial charge in [-0.2, -0.15) is 0 Å². The van der Waals surface area contributed by atoms with Gasteiger partial charge in [-0.15, -0.1) is 0 Å². The van der Waals surface area contributed by atoms with Crippen molar-refractivity contribution in [2.75, 3.05) is 6.61 Å². The van der Waals surface area contributed by atoms with E-state index in [1.165, 1.54) is 0 Å². The van der Waals surface area contributed by atoms with E-state index in [4.69, 9.17) is 13.4 Å². The SMILES string of the molecule is OC[C@H]1CC[C@H](O)[C@@H]([Hg][Cl])C1. The van der Waals surface area contributed by atoms with Crippen LogP contribution in [-0.4, -0.2) is 22.9 Å². The standard InChI is InChI=1S/C7H13O2.ClH.Hg/c8-5-6-1-3-7(9)4-2-6;;/h3,6-9H,1-2,4-5H2;1H;/q;;+1/p-1/t6-,7-;;/m1../s1. The summed E-state index contributed by atoms with van der Waals surface area (Å²) < 4.78 is 0.419. The van der Waals surface area contributed by atoms with Gasteiger partial charge in [-0.05, 0) is 0 Å². The minimum atomic E-state index is -1.28. The molecule has 1 rings (SSSR count). The molecule has 0 heterocycles. The normalized spacial score (nSPS) is 38.3. The quantitative estimate of drug-likeness (QED) is 0.722. The second-order valence-corrected chi connectivity index (χ2v) is 11.3. The molecule has 0 unspecified atom stereocenters. The molecule has 1 aliphatic rings. The minimum absolute atomic E-state index is 0.142. The van der Waals surface area contributed by atoms with Crippen molar-refractivity contribution >= 4 is 8.25 Å². The van der Waals surface area contributed by atoms with E-state index >= 15 is 0 Å². The Morgan fingerprint density at radius 3 is 2.73 bits per heavy atom. The molecule has 2 nitrogen and oxygen atoms in total. The summed E-state index contributed by atoms with van der Waals surface area (Å²) in [5, 5.41) is 18.4. The van der Waals surface area contributed by atoms with Gasteiger partial charge < -0.3 is 0 Å². The molecule has 0 aliphatic heterocycles. The number of rotatable bonds is 2. The van der Waals surface area contributed by atoms with Crippen LogP contribution in [0.15, 0.2) is 0 Å². The molecule has 1 fully saturated rings. The van der Waals surface area contributed by atoms with Gasteiger partial charge in [0.25, 0.3) is 0 Å². The molecule has 0 radical (unpaired) electrons. The molecule has 1 aliphatic carbocycles. The predicted octanol–water partition coefficient (Wildman–Crippen LogP) is 1.16. The average Bonchev–Trinajstić information content (AvgIpc) is 2.05. The molecule has 4 heteroatoms. The van der Waals surface area contributed by atoms with Gasteiger partial charge in [0.15, 0.2) is 0 Å². The van der Waals surface area contributed by atoms with Crippen molar-refractivity contribution < 1.29 is 33.6 Å². The van der Waals surface area contributed by atoms with Crippen LogP contribution in [0.2, 0.25) is 3.43 Å². The third-order valence-corrected chi connectivity index (χ3v) is 10.9. The molecule has 0 saturated heterocycles. The Morgan fingerprint density at radius 1 is 1.45 bits per heavy atom.